The van der Waals surface area contributed by atoms with Gasteiger partial charge in [0, 0.05) is 24.4 Å². The number of likely N-dealkylation sites (tertiary alicyclic amines) is 1. The second-order valence-corrected chi connectivity index (χ2v) is 5.50. The zero-order chi connectivity index (χ0) is 16.2. The number of urea groups is 1. The topological polar surface area (TPSA) is 75.5 Å². The van der Waals surface area contributed by atoms with Crippen molar-refractivity contribution in [1.29, 1.82) is 0 Å². The lowest BCUT2D eigenvalue weighted by Crippen LogP contribution is -2.34. The standard InChI is InChI=1S/C17H17N3O3/c21-17(18-14-8-10-15(11-9-14)20(22)23)19-12-4-7-16(19)13-5-2-1-3-6-13/h1-3,5-6,8-11,16H,4,7,12H2,(H,18,21). The third-order valence-corrected chi connectivity index (χ3v) is 4.03. The number of nitro benzene ring substituents is 1. The summed E-state index contributed by atoms with van der Waals surface area (Å²) >= 11 is 0. The van der Waals surface area contributed by atoms with Crippen molar-refractivity contribution in [2.45, 2.75) is 18.9 Å². The lowest BCUT2D eigenvalue weighted by atomic mass is 10.1. The summed E-state index contributed by atoms with van der Waals surface area (Å²) in [4.78, 5) is 24.5. The molecular formula is C17H17N3O3. The average molecular weight is 311 g/mol. The van der Waals surface area contributed by atoms with Crippen LogP contribution in [0.5, 0.6) is 0 Å². The molecule has 1 aliphatic heterocycles. The Bertz CT molecular complexity index is 701. The first kappa shape index (κ1) is 15.0. The Morgan fingerprint density at radius 1 is 1.13 bits per heavy atom. The number of benzene rings is 2. The van der Waals surface area contributed by atoms with E-state index in [0.717, 1.165) is 18.4 Å². The average Bonchev–Trinajstić information content (AvgIpc) is 3.06. The minimum Gasteiger partial charge on any atom is -0.317 e. The molecule has 0 bridgehead atoms. The van der Waals surface area contributed by atoms with Gasteiger partial charge in [-0.05, 0) is 30.5 Å². The summed E-state index contributed by atoms with van der Waals surface area (Å²) in [6, 6.07) is 15.7. The third kappa shape index (κ3) is 3.31. The van der Waals surface area contributed by atoms with Gasteiger partial charge < -0.3 is 10.2 Å². The molecule has 6 nitrogen and oxygen atoms in total. The first-order valence-electron chi connectivity index (χ1n) is 7.52. The second-order valence-electron chi connectivity index (χ2n) is 5.50. The minimum atomic E-state index is -0.461. The minimum absolute atomic E-state index is 0.00586. The molecule has 118 valence electrons. The maximum Gasteiger partial charge on any atom is 0.322 e. The van der Waals surface area contributed by atoms with E-state index in [1.54, 1.807) is 12.1 Å². The van der Waals surface area contributed by atoms with Gasteiger partial charge in [0.1, 0.15) is 0 Å². The molecule has 1 N–H and O–H groups in total. The van der Waals surface area contributed by atoms with Gasteiger partial charge in [-0.3, -0.25) is 10.1 Å². The molecule has 1 saturated heterocycles. The summed E-state index contributed by atoms with van der Waals surface area (Å²) in [6.07, 6.45) is 1.91. The van der Waals surface area contributed by atoms with E-state index in [9.17, 15) is 14.9 Å². The van der Waals surface area contributed by atoms with Crippen molar-refractivity contribution in [3.63, 3.8) is 0 Å². The normalized spacial score (nSPS) is 17.0. The van der Waals surface area contributed by atoms with E-state index < -0.39 is 4.92 Å². The van der Waals surface area contributed by atoms with Gasteiger partial charge in [-0.25, -0.2) is 4.79 Å². The number of carbonyl (C=O) groups is 1. The zero-order valence-corrected chi connectivity index (χ0v) is 12.5. The van der Waals surface area contributed by atoms with E-state index in [-0.39, 0.29) is 17.8 Å². The first-order valence-corrected chi connectivity index (χ1v) is 7.52. The summed E-state index contributed by atoms with van der Waals surface area (Å²) in [7, 11) is 0. The number of amides is 2. The van der Waals surface area contributed by atoms with Crippen molar-refractivity contribution in [3.8, 4) is 0 Å². The molecule has 2 aromatic rings. The summed E-state index contributed by atoms with van der Waals surface area (Å²) in [6.45, 7) is 0.707. The van der Waals surface area contributed by atoms with Crippen LogP contribution < -0.4 is 5.32 Å². The van der Waals surface area contributed by atoms with Crippen LogP contribution in [-0.2, 0) is 0 Å². The van der Waals surface area contributed by atoms with Crippen molar-refractivity contribution in [2.75, 3.05) is 11.9 Å². The number of hydrogen-bond acceptors (Lipinski definition) is 3. The highest BCUT2D eigenvalue weighted by molar-refractivity contribution is 5.90. The van der Waals surface area contributed by atoms with Gasteiger partial charge in [0.25, 0.3) is 5.69 Å². The van der Waals surface area contributed by atoms with Crippen molar-refractivity contribution >= 4 is 17.4 Å². The van der Waals surface area contributed by atoms with Crippen LogP contribution in [-0.4, -0.2) is 22.4 Å². The van der Waals surface area contributed by atoms with E-state index in [4.69, 9.17) is 0 Å². The fourth-order valence-electron chi connectivity index (χ4n) is 2.89. The molecular weight excluding hydrogens is 294 g/mol. The number of anilines is 1. The third-order valence-electron chi connectivity index (χ3n) is 4.03. The molecule has 1 unspecified atom stereocenters. The van der Waals surface area contributed by atoms with Crippen LogP contribution in [0.25, 0.3) is 0 Å². The van der Waals surface area contributed by atoms with E-state index in [1.165, 1.54) is 12.1 Å². The highest BCUT2D eigenvalue weighted by Crippen LogP contribution is 2.32. The molecule has 1 atom stereocenters. The van der Waals surface area contributed by atoms with Crippen molar-refractivity contribution in [3.05, 3.63) is 70.3 Å². The maximum atomic E-state index is 12.5. The highest BCUT2D eigenvalue weighted by Gasteiger charge is 2.29. The van der Waals surface area contributed by atoms with Crippen LogP contribution in [0.1, 0.15) is 24.4 Å². The lowest BCUT2D eigenvalue weighted by molar-refractivity contribution is -0.384. The number of nitrogens with zero attached hydrogens (tertiary/aromatic N) is 2. The van der Waals surface area contributed by atoms with Crippen LogP contribution in [0.2, 0.25) is 0 Å². The van der Waals surface area contributed by atoms with E-state index in [2.05, 4.69) is 5.32 Å². The largest absolute Gasteiger partial charge is 0.322 e. The number of nitro groups is 1. The Labute approximate surface area is 133 Å². The smallest absolute Gasteiger partial charge is 0.317 e. The molecule has 0 spiro atoms. The Morgan fingerprint density at radius 3 is 2.48 bits per heavy atom. The van der Waals surface area contributed by atoms with Crippen LogP contribution >= 0.6 is 0 Å². The van der Waals surface area contributed by atoms with Crippen LogP contribution in [0.4, 0.5) is 16.2 Å². The summed E-state index contributed by atoms with van der Waals surface area (Å²) < 4.78 is 0. The predicted molar refractivity (Wildman–Crippen MR) is 87.2 cm³/mol. The first-order chi connectivity index (χ1) is 11.1. The van der Waals surface area contributed by atoms with Gasteiger partial charge >= 0.3 is 6.03 Å². The van der Waals surface area contributed by atoms with Gasteiger partial charge in [-0.1, -0.05) is 30.3 Å². The fourth-order valence-corrected chi connectivity index (χ4v) is 2.89. The Hall–Kier alpha value is -2.89. The molecule has 0 aliphatic carbocycles. The molecule has 0 radical (unpaired) electrons. The van der Waals surface area contributed by atoms with Gasteiger partial charge in [0.05, 0.1) is 11.0 Å². The van der Waals surface area contributed by atoms with Gasteiger partial charge in [0.15, 0.2) is 0 Å². The van der Waals surface area contributed by atoms with Crippen LogP contribution in [0, 0.1) is 10.1 Å². The Balaban J connectivity index is 1.71. The van der Waals surface area contributed by atoms with Crippen molar-refractivity contribution < 1.29 is 9.72 Å². The number of hydrogen-bond donors (Lipinski definition) is 1. The number of rotatable bonds is 3. The number of nitrogens with one attached hydrogen (secondary N) is 1. The molecule has 0 aromatic heterocycles. The number of non-ortho nitro benzene ring substituents is 1. The van der Waals surface area contributed by atoms with Gasteiger partial charge in [-0.15, -0.1) is 0 Å². The molecule has 1 heterocycles. The highest BCUT2D eigenvalue weighted by atomic mass is 16.6. The molecule has 6 heteroatoms. The summed E-state index contributed by atoms with van der Waals surface area (Å²) in [5, 5.41) is 13.5. The van der Waals surface area contributed by atoms with E-state index in [0.29, 0.717) is 12.2 Å². The van der Waals surface area contributed by atoms with Crippen LogP contribution in [0.15, 0.2) is 54.6 Å². The SMILES string of the molecule is O=C(Nc1ccc([N+](=O)[O-])cc1)N1CCCC1c1ccccc1. The Kier molecular flexibility index (Phi) is 4.23. The van der Waals surface area contributed by atoms with Gasteiger partial charge in [-0.2, -0.15) is 0 Å². The summed E-state index contributed by atoms with van der Waals surface area (Å²) in [5.41, 5.74) is 1.69. The number of carbonyl (C=O) groups excluding carboxylic acids is 1. The molecule has 23 heavy (non-hydrogen) atoms. The van der Waals surface area contributed by atoms with Crippen molar-refractivity contribution in [2.24, 2.45) is 0 Å². The quantitative estimate of drug-likeness (QED) is 0.688. The van der Waals surface area contributed by atoms with E-state index in [1.807, 2.05) is 35.2 Å². The molecule has 2 aromatic carbocycles. The molecule has 1 aliphatic rings. The molecule has 3 rings (SSSR count). The molecule has 0 saturated carbocycles. The van der Waals surface area contributed by atoms with Crippen molar-refractivity contribution in [1.82, 2.24) is 4.90 Å². The molecule has 2 amide bonds. The van der Waals surface area contributed by atoms with Gasteiger partial charge in [0.2, 0.25) is 0 Å². The predicted octanol–water partition coefficient (Wildman–Crippen LogP) is 3.96. The molecule has 1 fully saturated rings. The van der Waals surface area contributed by atoms with Crippen LogP contribution in [0.3, 0.4) is 0 Å². The monoisotopic (exact) mass is 311 g/mol. The fraction of sp³-hybridized carbons (Fsp3) is 0.235. The second kappa shape index (κ2) is 6.48. The Morgan fingerprint density at radius 2 is 1.83 bits per heavy atom. The summed E-state index contributed by atoms with van der Waals surface area (Å²) in [5.74, 6) is 0. The lowest BCUT2D eigenvalue weighted by Gasteiger charge is -2.25. The maximum absolute atomic E-state index is 12.5. The zero-order valence-electron chi connectivity index (χ0n) is 12.5. The van der Waals surface area contributed by atoms with E-state index >= 15 is 0 Å².